The molecule has 2 aromatic heterocycles. The Labute approximate surface area is 118 Å². The molecule has 5 heteroatoms. The first-order valence-electron chi connectivity index (χ1n) is 6.49. The van der Waals surface area contributed by atoms with Crippen molar-refractivity contribution in [3.63, 3.8) is 0 Å². The quantitative estimate of drug-likeness (QED) is 0.931. The van der Waals surface area contributed by atoms with Crippen molar-refractivity contribution in [2.45, 2.75) is 39.5 Å². The van der Waals surface area contributed by atoms with Gasteiger partial charge in [0, 0.05) is 36.0 Å². The highest BCUT2D eigenvalue weighted by Crippen LogP contribution is 2.21. The van der Waals surface area contributed by atoms with Gasteiger partial charge < -0.3 is 5.32 Å². The van der Waals surface area contributed by atoms with E-state index in [1.54, 1.807) is 11.3 Å². The van der Waals surface area contributed by atoms with Gasteiger partial charge in [0.1, 0.15) is 11.6 Å². The fourth-order valence-electron chi connectivity index (χ4n) is 1.69. The molecule has 0 bridgehead atoms. The Morgan fingerprint density at radius 3 is 2.63 bits per heavy atom. The van der Waals surface area contributed by atoms with Crippen molar-refractivity contribution in [1.29, 1.82) is 0 Å². The first-order chi connectivity index (χ1) is 8.99. The molecule has 0 aliphatic rings. The van der Waals surface area contributed by atoms with Crippen molar-refractivity contribution in [3.05, 3.63) is 34.2 Å². The van der Waals surface area contributed by atoms with Gasteiger partial charge in [-0.2, -0.15) is 0 Å². The maximum Gasteiger partial charge on any atom is 0.136 e. The number of rotatable bonds is 4. The average Bonchev–Trinajstić information content (AvgIpc) is 2.81. The maximum absolute atomic E-state index is 4.68. The lowest BCUT2D eigenvalue weighted by atomic mass is 9.95. The fourth-order valence-corrected chi connectivity index (χ4v) is 2.32. The van der Waals surface area contributed by atoms with Crippen LogP contribution in [0.4, 0.5) is 5.82 Å². The van der Waals surface area contributed by atoms with E-state index in [-0.39, 0.29) is 5.41 Å². The lowest BCUT2D eigenvalue weighted by Crippen LogP contribution is -2.18. The lowest BCUT2D eigenvalue weighted by molar-refractivity contribution is 0.543. The summed E-state index contributed by atoms with van der Waals surface area (Å²) in [5.74, 6) is 1.77. The van der Waals surface area contributed by atoms with Gasteiger partial charge in [-0.15, -0.1) is 11.3 Å². The standard InChI is InChI=1S/C14H20N4S/c1-5-15-11-8-10(9-12-16-6-7-19-12)17-13(18-11)14(2,3)4/h6-8H,5,9H2,1-4H3,(H,15,17,18). The maximum atomic E-state index is 4.68. The minimum Gasteiger partial charge on any atom is -0.370 e. The van der Waals surface area contributed by atoms with E-state index in [9.17, 15) is 0 Å². The smallest absolute Gasteiger partial charge is 0.136 e. The molecular weight excluding hydrogens is 256 g/mol. The van der Waals surface area contributed by atoms with Gasteiger partial charge in [-0.1, -0.05) is 20.8 Å². The normalized spacial score (nSPS) is 11.6. The molecule has 102 valence electrons. The number of thiazole rings is 1. The molecule has 0 aliphatic heterocycles. The molecule has 4 nitrogen and oxygen atoms in total. The Kier molecular flexibility index (Phi) is 4.14. The summed E-state index contributed by atoms with van der Waals surface area (Å²) in [7, 11) is 0. The van der Waals surface area contributed by atoms with E-state index in [0.717, 1.165) is 35.3 Å². The Hall–Kier alpha value is -1.49. The predicted molar refractivity (Wildman–Crippen MR) is 79.8 cm³/mol. The molecular formula is C14H20N4S. The van der Waals surface area contributed by atoms with Gasteiger partial charge in [-0.25, -0.2) is 15.0 Å². The summed E-state index contributed by atoms with van der Waals surface area (Å²) in [5.41, 5.74) is 0.967. The van der Waals surface area contributed by atoms with Gasteiger partial charge in [-0.05, 0) is 6.92 Å². The van der Waals surface area contributed by atoms with Gasteiger partial charge in [0.05, 0.1) is 10.7 Å². The number of hydrogen-bond donors (Lipinski definition) is 1. The Balaban J connectivity index is 2.34. The van der Waals surface area contributed by atoms with Gasteiger partial charge >= 0.3 is 0 Å². The molecule has 0 atom stereocenters. The van der Waals surface area contributed by atoms with Crippen LogP contribution < -0.4 is 5.32 Å². The van der Waals surface area contributed by atoms with Crippen LogP contribution in [-0.2, 0) is 11.8 Å². The zero-order chi connectivity index (χ0) is 13.9. The molecule has 0 aliphatic carbocycles. The van der Waals surface area contributed by atoms with E-state index in [2.05, 4.69) is 48.0 Å². The molecule has 0 amide bonds. The molecule has 0 fully saturated rings. The van der Waals surface area contributed by atoms with E-state index >= 15 is 0 Å². The fraction of sp³-hybridized carbons (Fsp3) is 0.500. The first-order valence-corrected chi connectivity index (χ1v) is 7.37. The van der Waals surface area contributed by atoms with Crippen molar-refractivity contribution < 1.29 is 0 Å². The molecule has 2 aromatic rings. The van der Waals surface area contributed by atoms with Crippen LogP contribution in [0.3, 0.4) is 0 Å². The van der Waals surface area contributed by atoms with Crippen LogP contribution in [0.2, 0.25) is 0 Å². The summed E-state index contributed by atoms with van der Waals surface area (Å²) in [4.78, 5) is 13.6. The van der Waals surface area contributed by atoms with E-state index in [4.69, 9.17) is 0 Å². The van der Waals surface area contributed by atoms with Crippen LogP contribution in [0.25, 0.3) is 0 Å². The zero-order valence-corrected chi connectivity index (χ0v) is 12.7. The van der Waals surface area contributed by atoms with Crippen molar-refractivity contribution in [2.24, 2.45) is 0 Å². The second kappa shape index (κ2) is 5.65. The Morgan fingerprint density at radius 1 is 1.26 bits per heavy atom. The largest absolute Gasteiger partial charge is 0.370 e. The molecule has 0 radical (unpaired) electrons. The van der Waals surface area contributed by atoms with Crippen LogP contribution in [0, 0.1) is 0 Å². The van der Waals surface area contributed by atoms with Gasteiger partial charge in [0.2, 0.25) is 0 Å². The Bertz CT molecular complexity index is 529. The van der Waals surface area contributed by atoms with Crippen molar-refractivity contribution in [1.82, 2.24) is 15.0 Å². The zero-order valence-electron chi connectivity index (χ0n) is 11.9. The number of aromatic nitrogens is 3. The number of anilines is 1. The lowest BCUT2D eigenvalue weighted by Gasteiger charge is -2.18. The number of nitrogens with zero attached hydrogens (tertiary/aromatic N) is 3. The van der Waals surface area contributed by atoms with Gasteiger partial charge in [0.25, 0.3) is 0 Å². The summed E-state index contributed by atoms with van der Waals surface area (Å²) >= 11 is 1.66. The SMILES string of the molecule is CCNc1cc(Cc2nccs2)nc(C(C)(C)C)n1. The summed E-state index contributed by atoms with van der Waals surface area (Å²) in [5, 5.41) is 6.35. The first kappa shape index (κ1) is 13.9. The van der Waals surface area contributed by atoms with Gasteiger partial charge in [-0.3, -0.25) is 0 Å². The highest BCUT2D eigenvalue weighted by molar-refractivity contribution is 7.09. The molecule has 2 heterocycles. The molecule has 2 rings (SSSR count). The van der Waals surface area contributed by atoms with E-state index in [0.29, 0.717) is 0 Å². The van der Waals surface area contributed by atoms with Crippen LogP contribution in [-0.4, -0.2) is 21.5 Å². The Morgan fingerprint density at radius 2 is 2.05 bits per heavy atom. The second-order valence-corrected chi connectivity index (χ2v) is 6.43. The highest BCUT2D eigenvalue weighted by Gasteiger charge is 2.19. The molecule has 0 spiro atoms. The molecule has 0 unspecified atom stereocenters. The number of hydrogen-bond acceptors (Lipinski definition) is 5. The molecule has 1 N–H and O–H groups in total. The highest BCUT2D eigenvalue weighted by atomic mass is 32.1. The molecule has 0 aromatic carbocycles. The summed E-state index contributed by atoms with van der Waals surface area (Å²) in [6.07, 6.45) is 2.60. The monoisotopic (exact) mass is 276 g/mol. The third-order valence-electron chi connectivity index (χ3n) is 2.62. The van der Waals surface area contributed by atoms with Crippen LogP contribution in [0.5, 0.6) is 0 Å². The molecule has 0 saturated heterocycles. The number of nitrogens with one attached hydrogen (secondary N) is 1. The van der Waals surface area contributed by atoms with Crippen LogP contribution >= 0.6 is 11.3 Å². The minimum atomic E-state index is -0.0525. The summed E-state index contributed by atoms with van der Waals surface area (Å²) in [6.45, 7) is 9.32. The van der Waals surface area contributed by atoms with Crippen molar-refractivity contribution in [2.75, 3.05) is 11.9 Å². The second-order valence-electron chi connectivity index (χ2n) is 5.45. The summed E-state index contributed by atoms with van der Waals surface area (Å²) in [6, 6.07) is 2.01. The van der Waals surface area contributed by atoms with Gasteiger partial charge in [0.15, 0.2) is 0 Å². The van der Waals surface area contributed by atoms with E-state index in [1.165, 1.54) is 0 Å². The predicted octanol–water partition coefficient (Wildman–Crippen LogP) is 3.25. The molecule has 19 heavy (non-hydrogen) atoms. The van der Waals surface area contributed by atoms with Crippen molar-refractivity contribution >= 4 is 17.2 Å². The minimum absolute atomic E-state index is 0.0525. The third-order valence-corrected chi connectivity index (χ3v) is 3.40. The van der Waals surface area contributed by atoms with Crippen LogP contribution in [0.1, 0.15) is 44.2 Å². The average molecular weight is 276 g/mol. The van der Waals surface area contributed by atoms with E-state index < -0.39 is 0 Å². The van der Waals surface area contributed by atoms with Crippen molar-refractivity contribution in [3.8, 4) is 0 Å². The summed E-state index contributed by atoms with van der Waals surface area (Å²) < 4.78 is 0. The van der Waals surface area contributed by atoms with Crippen LogP contribution in [0.15, 0.2) is 17.6 Å². The topological polar surface area (TPSA) is 50.7 Å². The third kappa shape index (κ3) is 3.73. The molecule has 0 saturated carbocycles. The van der Waals surface area contributed by atoms with E-state index in [1.807, 2.05) is 17.6 Å².